The van der Waals surface area contributed by atoms with Crippen LogP contribution in [0, 0.1) is 12.3 Å². The van der Waals surface area contributed by atoms with Gasteiger partial charge in [-0.25, -0.2) is 4.79 Å². The van der Waals surface area contributed by atoms with Crippen molar-refractivity contribution in [3.63, 3.8) is 0 Å². The van der Waals surface area contributed by atoms with Crippen molar-refractivity contribution in [3.8, 4) is 18.1 Å². The zero-order valence-corrected chi connectivity index (χ0v) is 24.4. The number of benzene rings is 3. The van der Waals surface area contributed by atoms with Crippen molar-refractivity contribution in [3.05, 3.63) is 108 Å². The molecule has 8 heteroatoms. The van der Waals surface area contributed by atoms with Gasteiger partial charge in [0, 0.05) is 24.2 Å². The highest BCUT2D eigenvalue weighted by molar-refractivity contribution is 5.99. The van der Waals surface area contributed by atoms with E-state index in [-0.39, 0.29) is 13.0 Å². The summed E-state index contributed by atoms with van der Waals surface area (Å²) in [5.74, 6) is 2.25. The SMILES string of the molecule is C#Cc1ccccc1C(C(=O)Nc1ccc(OC)cc1)N(CC=C)C(=O)C(Cc1ccccc1)NC(=O)OC(C)(C)C. The molecule has 3 aromatic rings. The number of rotatable bonds is 11. The van der Waals surface area contributed by atoms with Gasteiger partial charge in [-0.2, -0.15) is 0 Å². The molecule has 2 atom stereocenters. The van der Waals surface area contributed by atoms with Crippen LogP contribution in [0.5, 0.6) is 5.75 Å². The number of carbonyl (C=O) groups is 3. The quantitative estimate of drug-likeness (QED) is 0.235. The molecule has 0 saturated carbocycles. The zero-order valence-electron chi connectivity index (χ0n) is 24.4. The predicted octanol–water partition coefficient (Wildman–Crippen LogP) is 5.51. The summed E-state index contributed by atoms with van der Waals surface area (Å²) in [6.45, 7) is 9.04. The Labute approximate surface area is 247 Å². The average molecular weight is 568 g/mol. The van der Waals surface area contributed by atoms with E-state index in [1.54, 1.807) is 76.4 Å². The number of carbonyl (C=O) groups excluding carboxylic acids is 3. The zero-order chi connectivity index (χ0) is 30.7. The van der Waals surface area contributed by atoms with Gasteiger partial charge in [-0.15, -0.1) is 13.0 Å². The molecular weight excluding hydrogens is 530 g/mol. The summed E-state index contributed by atoms with van der Waals surface area (Å²) in [5, 5.41) is 5.62. The molecule has 3 rings (SSSR count). The first-order chi connectivity index (χ1) is 20.1. The third-order valence-corrected chi connectivity index (χ3v) is 6.21. The van der Waals surface area contributed by atoms with Gasteiger partial charge in [0.2, 0.25) is 5.91 Å². The Morgan fingerprint density at radius 3 is 2.24 bits per heavy atom. The smallest absolute Gasteiger partial charge is 0.408 e. The summed E-state index contributed by atoms with van der Waals surface area (Å²) in [6.07, 6.45) is 6.75. The number of anilines is 1. The maximum absolute atomic E-state index is 14.4. The number of hydrogen-bond donors (Lipinski definition) is 2. The van der Waals surface area contributed by atoms with Crippen molar-refractivity contribution in [1.82, 2.24) is 10.2 Å². The number of nitrogens with zero attached hydrogens (tertiary/aromatic N) is 1. The molecule has 8 nitrogen and oxygen atoms in total. The molecule has 0 aliphatic carbocycles. The molecule has 0 radical (unpaired) electrons. The fourth-order valence-electron chi connectivity index (χ4n) is 4.36. The molecule has 0 aromatic heterocycles. The maximum Gasteiger partial charge on any atom is 0.408 e. The monoisotopic (exact) mass is 567 g/mol. The molecule has 42 heavy (non-hydrogen) atoms. The van der Waals surface area contributed by atoms with Crippen molar-refractivity contribution >= 4 is 23.6 Å². The Morgan fingerprint density at radius 2 is 1.64 bits per heavy atom. The molecule has 0 fully saturated rings. The van der Waals surface area contributed by atoms with Crippen molar-refractivity contribution < 1.29 is 23.9 Å². The van der Waals surface area contributed by atoms with E-state index in [4.69, 9.17) is 15.9 Å². The van der Waals surface area contributed by atoms with Crippen LogP contribution in [0.4, 0.5) is 10.5 Å². The molecule has 0 spiro atoms. The van der Waals surface area contributed by atoms with Crippen LogP contribution in [0.3, 0.4) is 0 Å². The third-order valence-electron chi connectivity index (χ3n) is 6.21. The highest BCUT2D eigenvalue weighted by atomic mass is 16.6. The third kappa shape index (κ3) is 8.73. The van der Waals surface area contributed by atoms with Crippen LogP contribution < -0.4 is 15.4 Å². The summed E-state index contributed by atoms with van der Waals surface area (Å²) in [7, 11) is 1.55. The molecule has 2 unspecified atom stereocenters. The molecule has 0 heterocycles. The highest BCUT2D eigenvalue weighted by Crippen LogP contribution is 2.28. The predicted molar refractivity (Wildman–Crippen MR) is 164 cm³/mol. The lowest BCUT2D eigenvalue weighted by atomic mass is 9.96. The van der Waals surface area contributed by atoms with Crippen LogP contribution in [-0.2, 0) is 20.7 Å². The van der Waals surface area contributed by atoms with Gasteiger partial charge in [0.25, 0.3) is 5.91 Å². The van der Waals surface area contributed by atoms with Crippen LogP contribution in [0.1, 0.15) is 43.5 Å². The minimum atomic E-state index is -1.15. The molecule has 3 amide bonds. The van der Waals surface area contributed by atoms with Gasteiger partial charge in [-0.3, -0.25) is 9.59 Å². The van der Waals surface area contributed by atoms with Gasteiger partial charge in [0.1, 0.15) is 23.4 Å². The summed E-state index contributed by atoms with van der Waals surface area (Å²) in [6, 6.07) is 20.8. The van der Waals surface area contributed by atoms with Gasteiger partial charge in [0.05, 0.1) is 7.11 Å². The first-order valence-electron chi connectivity index (χ1n) is 13.5. The molecule has 0 bridgehead atoms. The second-order valence-electron chi connectivity index (χ2n) is 10.5. The van der Waals surface area contributed by atoms with E-state index in [1.165, 1.54) is 11.0 Å². The lowest BCUT2D eigenvalue weighted by Crippen LogP contribution is -2.53. The lowest BCUT2D eigenvalue weighted by Gasteiger charge is -2.34. The molecule has 0 aliphatic rings. The lowest BCUT2D eigenvalue weighted by molar-refractivity contribution is -0.140. The van der Waals surface area contributed by atoms with Gasteiger partial charge >= 0.3 is 6.09 Å². The molecule has 218 valence electrons. The summed E-state index contributed by atoms with van der Waals surface area (Å²) in [5.41, 5.74) is 1.44. The molecule has 2 N–H and O–H groups in total. The van der Waals surface area contributed by atoms with E-state index >= 15 is 0 Å². The number of terminal acetylenes is 1. The highest BCUT2D eigenvalue weighted by Gasteiger charge is 2.37. The van der Waals surface area contributed by atoms with Gasteiger partial charge in [-0.1, -0.05) is 60.5 Å². The normalized spacial score (nSPS) is 12.2. The number of nitrogens with one attached hydrogen (secondary N) is 2. The summed E-state index contributed by atoms with van der Waals surface area (Å²) >= 11 is 0. The second kappa shape index (κ2) is 14.6. The Kier molecular flexibility index (Phi) is 10.9. The number of ether oxygens (including phenoxy) is 2. The van der Waals surface area contributed by atoms with Gasteiger partial charge < -0.3 is 25.0 Å². The van der Waals surface area contributed by atoms with E-state index in [1.807, 2.05) is 30.3 Å². The van der Waals surface area contributed by atoms with Crippen LogP contribution >= 0.6 is 0 Å². The van der Waals surface area contributed by atoms with Crippen molar-refractivity contribution in [2.75, 3.05) is 19.0 Å². The minimum Gasteiger partial charge on any atom is -0.497 e. The van der Waals surface area contributed by atoms with Crippen LogP contribution in [0.25, 0.3) is 0 Å². The standard InChI is InChI=1S/C34H37N3O5/c1-7-22-37(32(39)29(23-24-14-10-9-11-15-24)36-33(40)42-34(3,4)5)30(28-17-13-12-16-25(28)8-2)31(38)35-26-18-20-27(41-6)21-19-26/h2,7,9-21,29-30H,1,22-23H2,3-6H3,(H,35,38)(H,36,40). The molecule has 3 aromatic carbocycles. The number of hydrogen-bond acceptors (Lipinski definition) is 5. The van der Waals surface area contributed by atoms with E-state index in [0.717, 1.165) is 5.56 Å². The fraction of sp³-hybridized carbons (Fsp3) is 0.265. The topological polar surface area (TPSA) is 97.0 Å². The van der Waals surface area contributed by atoms with Crippen molar-refractivity contribution in [2.24, 2.45) is 0 Å². The maximum atomic E-state index is 14.4. The molecular formula is C34H37N3O5. The van der Waals surface area contributed by atoms with Crippen LogP contribution in [-0.4, -0.2) is 48.1 Å². The van der Waals surface area contributed by atoms with Crippen molar-refractivity contribution in [2.45, 2.75) is 44.9 Å². The van der Waals surface area contributed by atoms with E-state index in [2.05, 4.69) is 23.1 Å². The second-order valence-corrected chi connectivity index (χ2v) is 10.5. The average Bonchev–Trinajstić information content (AvgIpc) is 2.96. The van der Waals surface area contributed by atoms with E-state index in [0.29, 0.717) is 22.6 Å². The van der Waals surface area contributed by atoms with Crippen molar-refractivity contribution in [1.29, 1.82) is 0 Å². The molecule has 0 aliphatic heterocycles. The van der Waals surface area contributed by atoms with Crippen LogP contribution in [0.15, 0.2) is 91.5 Å². The van der Waals surface area contributed by atoms with Crippen LogP contribution in [0.2, 0.25) is 0 Å². The largest absolute Gasteiger partial charge is 0.497 e. The van der Waals surface area contributed by atoms with Gasteiger partial charge in [0.15, 0.2) is 0 Å². The Bertz CT molecular complexity index is 1420. The van der Waals surface area contributed by atoms with E-state index in [9.17, 15) is 14.4 Å². The number of methoxy groups -OCH3 is 1. The summed E-state index contributed by atoms with van der Waals surface area (Å²) in [4.78, 5) is 42.6. The summed E-state index contributed by atoms with van der Waals surface area (Å²) < 4.78 is 10.7. The number of alkyl carbamates (subject to hydrolysis) is 1. The Balaban J connectivity index is 2.07. The van der Waals surface area contributed by atoms with Gasteiger partial charge in [-0.05, 0) is 62.2 Å². The van der Waals surface area contributed by atoms with E-state index < -0.39 is 35.6 Å². The number of amides is 3. The first-order valence-corrected chi connectivity index (χ1v) is 13.5. The first kappa shape index (κ1) is 31.5. The Morgan fingerprint density at radius 1 is 1.00 bits per heavy atom. The minimum absolute atomic E-state index is 0.000271. The molecule has 0 saturated heterocycles. The fourth-order valence-corrected chi connectivity index (χ4v) is 4.36. The Hall–Kier alpha value is -5.03.